The molecule has 4 heteroatoms. The summed E-state index contributed by atoms with van der Waals surface area (Å²) in [5.74, 6) is 1.63. The maximum atomic E-state index is 4.68. The van der Waals surface area contributed by atoms with Crippen LogP contribution in [0.3, 0.4) is 0 Å². The summed E-state index contributed by atoms with van der Waals surface area (Å²) in [4.78, 5) is 7.00. The third-order valence-electron chi connectivity index (χ3n) is 4.97. The summed E-state index contributed by atoms with van der Waals surface area (Å²) < 4.78 is 1.31. The van der Waals surface area contributed by atoms with Crippen LogP contribution in [-0.2, 0) is 0 Å². The van der Waals surface area contributed by atoms with Crippen molar-refractivity contribution in [2.24, 2.45) is 11.8 Å². The Morgan fingerprint density at radius 1 is 1.23 bits per heavy atom. The van der Waals surface area contributed by atoms with Crippen LogP contribution in [0.4, 0.5) is 0 Å². The van der Waals surface area contributed by atoms with Crippen molar-refractivity contribution < 1.29 is 0 Å². The fraction of sp³-hybridized carbons (Fsp3) is 0.500. The second kappa shape index (κ2) is 5.95. The van der Waals surface area contributed by atoms with Crippen LogP contribution in [0, 0.1) is 18.8 Å². The van der Waals surface area contributed by atoms with Gasteiger partial charge in [0.2, 0.25) is 0 Å². The minimum atomic E-state index is 0. The van der Waals surface area contributed by atoms with E-state index in [9.17, 15) is 0 Å². The second-order valence-corrected chi connectivity index (χ2v) is 8.03. The summed E-state index contributed by atoms with van der Waals surface area (Å²) in [6.45, 7) is 3.21. The van der Waals surface area contributed by atoms with Crippen molar-refractivity contribution >= 4 is 39.5 Å². The van der Waals surface area contributed by atoms with Crippen LogP contribution < -0.4 is 0 Å². The molecule has 1 saturated carbocycles. The molecule has 0 spiro atoms. The van der Waals surface area contributed by atoms with E-state index in [1.807, 2.05) is 0 Å². The minimum absolute atomic E-state index is 0. The van der Waals surface area contributed by atoms with Crippen molar-refractivity contribution in [3.05, 3.63) is 34.3 Å². The SMILES string of the molecule is Cc1nc2cc(C3=C(CN(C)C)C4CCC3C4)ccc2s1.Cl. The maximum Gasteiger partial charge on any atom is 0.0907 e. The monoisotopic (exact) mass is 334 g/mol. The number of thiazole rings is 1. The predicted molar refractivity (Wildman–Crippen MR) is 97.9 cm³/mol. The number of rotatable bonds is 3. The lowest BCUT2D eigenvalue weighted by Gasteiger charge is -2.23. The van der Waals surface area contributed by atoms with Gasteiger partial charge in [-0.25, -0.2) is 4.98 Å². The number of hydrogen-bond acceptors (Lipinski definition) is 3. The number of allylic oxidation sites excluding steroid dienone is 1. The van der Waals surface area contributed by atoms with E-state index in [0.717, 1.165) is 23.4 Å². The molecule has 1 aromatic heterocycles. The van der Waals surface area contributed by atoms with E-state index >= 15 is 0 Å². The van der Waals surface area contributed by atoms with Crippen LogP contribution in [0.5, 0.6) is 0 Å². The van der Waals surface area contributed by atoms with Gasteiger partial charge in [-0.05, 0) is 81.0 Å². The van der Waals surface area contributed by atoms with Crippen LogP contribution in [0.15, 0.2) is 23.8 Å². The highest BCUT2D eigenvalue weighted by molar-refractivity contribution is 7.18. The first kappa shape index (κ1) is 16.0. The number of benzene rings is 1. The molecule has 2 atom stereocenters. The number of halogens is 1. The first-order valence-corrected chi connectivity index (χ1v) is 8.68. The van der Waals surface area contributed by atoms with Crippen molar-refractivity contribution in [1.82, 2.24) is 9.88 Å². The van der Waals surface area contributed by atoms with Gasteiger partial charge in [0, 0.05) is 6.54 Å². The topological polar surface area (TPSA) is 16.1 Å². The van der Waals surface area contributed by atoms with Crippen molar-refractivity contribution in [1.29, 1.82) is 0 Å². The summed E-state index contributed by atoms with van der Waals surface area (Å²) in [6, 6.07) is 6.91. The highest BCUT2D eigenvalue weighted by Crippen LogP contribution is 2.52. The average Bonchev–Trinajstić information content (AvgIpc) is 3.09. The third kappa shape index (κ3) is 2.60. The summed E-state index contributed by atoms with van der Waals surface area (Å²) in [7, 11) is 4.37. The van der Waals surface area contributed by atoms with Crippen LogP contribution in [-0.4, -0.2) is 30.5 Å². The zero-order valence-electron chi connectivity index (χ0n) is 13.4. The molecule has 4 rings (SSSR count). The van der Waals surface area contributed by atoms with Crippen molar-refractivity contribution in [2.45, 2.75) is 26.2 Å². The second-order valence-electron chi connectivity index (χ2n) is 6.80. The van der Waals surface area contributed by atoms with Gasteiger partial charge in [0.15, 0.2) is 0 Å². The molecule has 0 radical (unpaired) electrons. The van der Waals surface area contributed by atoms with E-state index in [0.29, 0.717) is 0 Å². The largest absolute Gasteiger partial charge is 0.305 e. The summed E-state index contributed by atoms with van der Waals surface area (Å²) in [5.41, 5.74) is 5.95. The molecule has 1 aromatic carbocycles. The Kier molecular flexibility index (Phi) is 4.32. The van der Waals surface area contributed by atoms with Crippen molar-refractivity contribution in [3.8, 4) is 0 Å². The highest BCUT2D eigenvalue weighted by atomic mass is 35.5. The molecule has 1 fully saturated rings. The molecule has 2 aromatic rings. The van der Waals surface area contributed by atoms with E-state index in [-0.39, 0.29) is 12.4 Å². The lowest BCUT2D eigenvalue weighted by Crippen LogP contribution is -2.19. The predicted octanol–water partition coefficient (Wildman–Crippen LogP) is 4.77. The van der Waals surface area contributed by atoms with Gasteiger partial charge in [0.25, 0.3) is 0 Å². The molecular formula is C18H23ClN2S. The maximum absolute atomic E-state index is 4.68. The first-order chi connectivity index (χ1) is 10.1. The third-order valence-corrected chi connectivity index (χ3v) is 5.92. The quantitative estimate of drug-likeness (QED) is 0.803. The van der Waals surface area contributed by atoms with E-state index in [1.54, 1.807) is 22.5 Å². The van der Waals surface area contributed by atoms with Gasteiger partial charge in [-0.1, -0.05) is 6.07 Å². The minimum Gasteiger partial charge on any atom is -0.305 e. The van der Waals surface area contributed by atoms with E-state index in [2.05, 4.69) is 49.1 Å². The molecule has 0 aliphatic heterocycles. The zero-order chi connectivity index (χ0) is 14.6. The lowest BCUT2D eigenvalue weighted by molar-refractivity contribution is 0.423. The molecule has 2 nitrogen and oxygen atoms in total. The fourth-order valence-corrected chi connectivity index (χ4v) is 5.04. The van der Waals surface area contributed by atoms with Crippen LogP contribution in [0.25, 0.3) is 15.8 Å². The van der Waals surface area contributed by atoms with Gasteiger partial charge in [-0.3, -0.25) is 0 Å². The van der Waals surface area contributed by atoms with E-state index in [1.165, 1.54) is 35.0 Å². The molecule has 1 heterocycles. The molecule has 2 aliphatic carbocycles. The molecule has 22 heavy (non-hydrogen) atoms. The van der Waals surface area contributed by atoms with Gasteiger partial charge in [0.1, 0.15) is 0 Å². The number of nitrogens with zero attached hydrogens (tertiary/aromatic N) is 2. The number of likely N-dealkylation sites (N-methyl/N-ethyl adjacent to an activating group) is 1. The average molecular weight is 335 g/mol. The Labute approximate surface area is 142 Å². The molecule has 2 aliphatic rings. The number of fused-ring (bicyclic) bond motifs is 3. The normalized spacial score (nSPS) is 23.6. The van der Waals surface area contributed by atoms with Gasteiger partial charge in [0.05, 0.1) is 15.2 Å². The summed E-state index contributed by atoms with van der Waals surface area (Å²) in [5, 5.41) is 1.16. The molecule has 118 valence electrons. The summed E-state index contributed by atoms with van der Waals surface area (Å²) >= 11 is 1.79. The van der Waals surface area contributed by atoms with Gasteiger partial charge in [-0.2, -0.15) is 0 Å². The molecule has 0 saturated heterocycles. The van der Waals surface area contributed by atoms with Gasteiger partial charge < -0.3 is 4.90 Å². The first-order valence-electron chi connectivity index (χ1n) is 7.87. The molecule has 2 bridgehead atoms. The fourth-order valence-electron chi connectivity index (χ4n) is 4.23. The van der Waals surface area contributed by atoms with Crippen LogP contribution in [0.2, 0.25) is 0 Å². The number of aromatic nitrogens is 1. The highest BCUT2D eigenvalue weighted by Gasteiger charge is 2.39. The zero-order valence-corrected chi connectivity index (χ0v) is 15.1. The van der Waals surface area contributed by atoms with Crippen LogP contribution in [0.1, 0.15) is 29.8 Å². The molecule has 0 N–H and O–H groups in total. The Hall–Kier alpha value is -0.900. The number of hydrogen-bond donors (Lipinski definition) is 0. The Morgan fingerprint density at radius 2 is 2.00 bits per heavy atom. The molecular weight excluding hydrogens is 312 g/mol. The number of aryl methyl sites for hydroxylation is 1. The van der Waals surface area contributed by atoms with Crippen molar-refractivity contribution in [3.63, 3.8) is 0 Å². The van der Waals surface area contributed by atoms with Crippen molar-refractivity contribution in [2.75, 3.05) is 20.6 Å². The smallest absolute Gasteiger partial charge is 0.0907 e. The van der Waals surface area contributed by atoms with E-state index < -0.39 is 0 Å². The Bertz CT molecular complexity index is 732. The van der Waals surface area contributed by atoms with Gasteiger partial charge >= 0.3 is 0 Å². The summed E-state index contributed by atoms with van der Waals surface area (Å²) in [6.07, 6.45) is 4.16. The molecule has 2 unspecified atom stereocenters. The lowest BCUT2D eigenvalue weighted by atomic mass is 9.87. The Morgan fingerprint density at radius 3 is 2.77 bits per heavy atom. The van der Waals surface area contributed by atoms with Crippen LogP contribution >= 0.6 is 23.7 Å². The van der Waals surface area contributed by atoms with E-state index in [4.69, 9.17) is 0 Å². The van der Waals surface area contributed by atoms with Gasteiger partial charge in [-0.15, -0.1) is 23.7 Å². The standard InChI is InChI=1S/C18H22N2S.ClH/c1-11-19-16-9-14(6-7-17(16)21-11)18-13-5-4-12(8-13)15(18)10-20(2)3;/h6-7,9,12-13H,4-5,8,10H2,1-3H3;1H. The Balaban J connectivity index is 0.00000144. The molecule has 0 amide bonds.